The van der Waals surface area contributed by atoms with E-state index in [2.05, 4.69) is 21.4 Å². The minimum absolute atomic E-state index is 0.0331. The number of aromatic nitrogens is 2. The molecule has 2 saturated carbocycles. The number of aliphatic hydroxyl groups excluding tert-OH is 1. The second-order valence-electron chi connectivity index (χ2n) is 10.7. The first-order chi connectivity index (χ1) is 16.6. The molecule has 2 bridgehead atoms. The van der Waals surface area contributed by atoms with E-state index in [1.54, 1.807) is 15.8 Å². The fraction of sp³-hybridized carbons (Fsp3) is 0.783. The molecule has 3 atom stereocenters. The lowest BCUT2D eigenvalue weighted by Crippen LogP contribution is -2.71. The van der Waals surface area contributed by atoms with Gasteiger partial charge in [0, 0.05) is 43.3 Å². The number of rotatable bonds is 7. The van der Waals surface area contributed by atoms with Gasteiger partial charge in [0.2, 0.25) is 5.91 Å². The van der Waals surface area contributed by atoms with Gasteiger partial charge in [-0.1, -0.05) is 0 Å². The van der Waals surface area contributed by atoms with Gasteiger partial charge >= 0.3 is 6.18 Å². The molecule has 12 heteroatoms. The average molecular weight is 496 g/mol. The van der Waals surface area contributed by atoms with Gasteiger partial charge in [-0.25, -0.2) is 0 Å². The third kappa shape index (κ3) is 4.91. The number of nitrogens with zero attached hydrogens (tertiary/aromatic N) is 5. The van der Waals surface area contributed by atoms with E-state index in [4.69, 9.17) is 5.73 Å². The summed E-state index contributed by atoms with van der Waals surface area (Å²) in [6.45, 7) is 0.455. The summed E-state index contributed by atoms with van der Waals surface area (Å²) in [7, 11) is 0. The van der Waals surface area contributed by atoms with Crippen LogP contribution in [0, 0.1) is 17.2 Å². The Kier molecular flexibility index (Phi) is 6.32. The van der Waals surface area contributed by atoms with Crippen molar-refractivity contribution in [1.82, 2.24) is 19.6 Å². The zero-order valence-corrected chi connectivity index (χ0v) is 19.5. The van der Waals surface area contributed by atoms with Crippen LogP contribution in [0.5, 0.6) is 0 Å². The number of hydrogen-bond acceptors (Lipinski definition) is 7. The van der Waals surface area contributed by atoms with E-state index in [1.165, 1.54) is 0 Å². The summed E-state index contributed by atoms with van der Waals surface area (Å²) in [5.74, 6) is 0.0601. The predicted molar refractivity (Wildman–Crippen MR) is 120 cm³/mol. The highest BCUT2D eigenvalue weighted by molar-refractivity contribution is 5.93. The van der Waals surface area contributed by atoms with E-state index in [-0.39, 0.29) is 42.2 Å². The fourth-order valence-corrected chi connectivity index (χ4v) is 6.13. The molecule has 0 radical (unpaired) electrons. The normalized spacial score (nSPS) is 32.5. The van der Waals surface area contributed by atoms with Crippen LogP contribution in [-0.4, -0.2) is 74.5 Å². The molecule has 5 fully saturated rings. The van der Waals surface area contributed by atoms with E-state index in [9.17, 15) is 28.3 Å². The first kappa shape index (κ1) is 24.5. The van der Waals surface area contributed by atoms with Crippen molar-refractivity contribution in [2.24, 2.45) is 11.7 Å². The number of piperazine rings is 1. The minimum Gasteiger partial charge on any atom is -0.374 e. The molecule has 5 aliphatic rings. The van der Waals surface area contributed by atoms with Crippen molar-refractivity contribution in [3.63, 3.8) is 0 Å². The Labute approximate surface area is 202 Å². The highest BCUT2D eigenvalue weighted by atomic mass is 19.4. The maximum Gasteiger partial charge on any atom is 0.401 e. The molecule has 2 aliphatic carbocycles. The predicted octanol–water partition coefficient (Wildman–Crippen LogP) is 2.05. The highest BCUT2D eigenvalue weighted by Gasteiger charge is 2.50. The number of carbonyl (C=O) groups excluding carboxylic acids is 1. The fourth-order valence-electron chi connectivity index (χ4n) is 6.13. The number of alkyl halides is 3. The van der Waals surface area contributed by atoms with Crippen LogP contribution in [-0.2, 0) is 10.3 Å². The second-order valence-corrected chi connectivity index (χ2v) is 10.7. The van der Waals surface area contributed by atoms with Crippen molar-refractivity contribution in [3.05, 3.63) is 11.8 Å². The van der Waals surface area contributed by atoms with Gasteiger partial charge < -0.3 is 16.2 Å². The minimum atomic E-state index is -4.17. The number of fused-ring (bicyclic) bond motifs is 2. The molecule has 3 aliphatic heterocycles. The van der Waals surface area contributed by atoms with Gasteiger partial charge in [-0.2, -0.15) is 23.5 Å². The molecule has 1 aromatic rings. The molecule has 4 heterocycles. The van der Waals surface area contributed by atoms with Crippen LogP contribution < -0.4 is 11.1 Å². The Bertz CT molecular complexity index is 980. The third-order valence-electron chi connectivity index (χ3n) is 8.28. The van der Waals surface area contributed by atoms with Crippen LogP contribution >= 0.6 is 0 Å². The molecular formula is C23H32F3N7O2. The zero-order chi connectivity index (χ0) is 25.0. The lowest BCUT2D eigenvalue weighted by atomic mass is 9.76. The van der Waals surface area contributed by atoms with Crippen LogP contribution in [0.3, 0.4) is 0 Å². The average Bonchev–Trinajstić information content (AvgIpc) is 3.57. The molecule has 1 amide bonds. The number of piperidine rings is 1. The molecule has 3 unspecified atom stereocenters. The maximum absolute atomic E-state index is 12.9. The third-order valence-corrected chi connectivity index (χ3v) is 8.28. The van der Waals surface area contributed by atoms with Crippen molar-refractivity contribution in [2.75, 3.05) is 25.0 Å². The molecule has 35 heavy (non-hydrogen) atoms. The first-order valence-electron chi connectivity index (χ1n) is 12.4. The smallest absolute Gasteiger partial charge is 0.374 e. The topological polar surface area (TPSA) is 123 Å². The molecule has 6 rings (SSSR count). The van der Waals surface area contributed by atoms with E-state index >= 15 is 0 Å². The Morgan fingerprint density at radius 2 is 1.91 bits per heavy atom. The summed E-state index contributed by atoms with van der Waals surface area (Å²) >= 11 is 0. The second kappa shape index (κ2) is 9.03. The van der Waals surface area contributed by atoms with Gasteiger partial charge in [-0.05, 0) is 44.9 Å². The molecule has 3 saturated heterocycles. The molecule has 9 nitrogen and oxygen atoms in total. The summed E-state index contributed by atoms with van der Waals surface area (Å²) in [6.07, 6.45) is 1.79. The van der Waals surface area contributed by atoms with Crippen molar-refractivity contribution in [3.8, 4) is 6.07 Å². The summed E-state index contributed by atoms with van der Waals surface area (Å²) in [4.78, 5) is 16.2. The molecular weight excluding hydrogens is 463 g/mol. The highest BCUT2D eigenvalue weighted by Crippen LogP contribution is 2.43. The van der Waals surface area contributed by atoms with Crippen molar-refractivity contribution in [1.29, 1.82) is 5.26 Å². The molecule has 4 N–H and O–H groups in total. The van der Waals surface area contributed by atoms with Crippen LogP contribution in [0.4, 0.5) is 19.0 Å². The standard InChI is InChI=1S/C23H32F3N7O2/c24-23(25,26)13-32-16-9-17(32)11-31(10-16)15-3-5-22(6-4-15,7-8-27)33-12-18(19(28)34)20(30-33)29-21(35)14-1-2-14/h12,14-17,19,34H,1-7,9-11,13,28H2,(H,29,30,35)/t15-,16?,17?,19?,22-. The SMILES string of the molecule is N#CC[C@]1(n2cc(C(N)O)c(NC(=O)C3CC3)n2)CC[C@H](N2CC3CC(C2)N3CC(F)(F)F)CC1. The number of carbonyl (C=O) groups is 1. The molecule has 1 aromatic heterocycles. The van der Waals surface area contributed by atoms with Crippen LogP contribution in [0.25, 0.3) is 0 Å². The number of hydrogen-bond donors (Lipinski definition) is 3. The van der Waals surface area contributed by atoms with E-state index in [0.29, 0.717) is 31.5 Å². The number of anilines is 1. The van der Waals surface area contributed by atoms with E-state index in [1.807, 2.05) is 0 Å². The lowest BCUT2D eigenvalue weighted by molar-refractivity contribution is -0.191. The number of aliphatic hydroxyl groups is 1. The number of halogens is 3. The molecule has 192 valence electrons. The largest absolute Gasteiger partial charge is 0.401 e. The van der Waals surface area contributed by atoms with E-state index in [0.717, 1.165) is 32.1 Å². The number of nitriles is 1. The Hall–Kier alpha value is -2.20. The van der Waals surface area contributed by atoms with Crippen molar-refractivity contribution >= 4 is 11.7 Å². The summed E-state index contributed by atoms with van der Waals surface area (Å²) < 4.78 is 40.3. The van der Waals surface area contributed by atoms with Gasteiger partial charge in [-0.3, -0.25) is 19.3 Å². The van der Waals surface area contributed by atoms with Gasteiger partial charge in [0.1, 0.15) is 6.23 Å². The maximum atomic E-state index is 12.9. The van der Waals surface area contributed by atoms with Gasteiger partial charge in [-0.15, -0.1) is 0 Å². The summed E-state index contributed by atoms with van der Waals surface area (Å²) in [6, 6.07) is 2.44. The van der Waals surface area contributed by atoms with Gasteiger partial charge in [0.05, 0.1) is 30.1 Å². The number of amides is 1. The Balaban J connectivity index is 1.26. The van der Waals surface area contributed by atoms with Crippen molar-refractivity contribution in [2.45, 2.75) is 87.4 Å². The zero-order valence-electron chi connectivity index (χ0n) is 19.5. The quantitative estimate of drug-likeness (QED) is 0.495. The number of nitrogens with two attached hydrogens (primary N) is 1. The van der Waals surface area contributed by atoms with Crippen LogP contribution in [0.2, 0.25) is 0 Å². The van der Waals surface area contributed by atoms with Gasteiger partial charge in [0.15, 0.2) is 5.82 Å². The Morgan fingerprint density at radius 3 is 2.46 bits per heavy atom. The lowest BCUT2D eigenvalue weighted by Gasteiger charge is -2.58. The van der Waals surface area contributed by atoms with Crippen molar-refractivity contribution < 1.29 is 23.1 Å². The van der Waals surface area contributed by atoms with Crippen LogP contribution in [0.1, 0.15) is 63.2 Å². The summed E-state index contributed by atoms with van der Waals surface area (Å²) in [5, 5.41) is 27.0. The summed E-state index contributed by atoms with van der Waals surface area (Å²) in [5.41, 5.74) is 5.47. The van der Waals surface area contributed by atoms with Gasteiger partial charge in [0.25, 0.3) is 0 Å². The molecule has 0 aromatic carbocycles. The molecule has 0 spiro atoms. The van der Waals surface area contributed by atoms with Crippen LogP contribution in [0.15, 0.2) is 6.20 Å². The monoisotopic (exact) mass is 495 g/mol. The first-order valence-corrected chi connectivity index (χ1v) is 12.4. The Morgan fingerprint density at radius 1 is 1.26 bits per heavy atom. The number of nitrogens with one attached hydrogen (secondary N) is 1. The van der Waals surface area contributed by atoms with E-state index < -0.39 is 24.5 Å².